The minimum Gasteiger partial charge on any atom is -0.478 e. The van der Waals surface area contributed by atoms with E-state index in [9.17, 15) is 0 Å². The van der Waals surface area contributed by atoms with Gasteiger partial charge in [-0.15, -0.1) is 0 Å². The Morgan fingerprint density at radius 3 is 0.741 bits per heavy atom. The predicted molar refractivity (Wildman–Crippen MR) is 222 cm³/mol. The minimum atomic E-state index is -0.295. The van der Waals surface area contributed by atoms with E-state index in [1.807, 2.05) is 0 Å². The summed E-state index contributed by atoms with van der Waals surface area (Å²) in [5.74, 6) is 5.24. The van der Waals surface area contributed by atoms with Crippen LogP contribution in [-0.4, -0.2) is 84.2 Å². The van der Waals surface area contributed by atoms with Gasteiger partial charge in [0.2, 0.25) is 0 Å². The Bertz CT molecular complexity index is 1490. The number of rotatable bonds is 12. The van der Waals surface area contributed by atoms with E-state index in [0.717, 1.165) is 46.4 Å². The Hall–Kier alpha value is -3.56. The van der Waals surface area contributed by atoms with Gasteiger partial charge in [0.15, 0.2) is 23.6 Å². The van der Waals surface area contributed by atoms with Crippen molar-refractivity contribution in [2.24, 2.45) is 43.6 Å². The van der Waals surface area contributed by atoms with Gasteiger partial charge in [0.1, 0.15) is 26.4 Å². The summed E-state index contributed by atoms with van der Waals surface area (Å²) in [6, 6.07) is 9.56. The van der Waals surface area contributed by atoms with Crippen molar-refractivity contribution in [3.05, 3.63) is 47.0 Å². The van der Waals surface area contributed by atoms with E-state index in [1.165, 1.54) is 0 Å². The molecule has 0 radical (unpaired) electrons. The van der Waals surface area contributed by atoms with Crippen molar-refractivity contribution in [2.45, 2.75) is 157 Å². The molecule has 10 nitrogen and oxygen atoms in total. The lowest BCUT2D eigenvalue weighted by Crippen LogP contribution is -2.32. The third-order valence-electron chi connectivity index (χ3n) is 12.0. The molecule has 6 rings (SSSR count). The summed E-state index contributed by atoms with van der Waals surface area (Å²) in [6.45, 7) is 37.5. The van der Waals surface area contributed by atoms with Crippen molar-refractivity contribution in [3.63, 3.8) is 0 Å². The zero-order valence-electron chi connectivity index (χ0n) is 36.2. The molecule has 2 N–H and O–H groups in total. The van der Waals surface area contributed by atoms with Crippen LogP contribution in [0, 0.1) is 23.7 Å². The monoisotopic (exact) mass is 747 g/mol. The molecular formula is C44H70N6O4. The maximum atomic E-state index is 5.96. The summed E-state index contributed by atoms with van der Waals surface area (Å²) in [6.07, 6.45) is 0. The van der Waals surface area contributed by atoms with E-state index in [0.29, 0.717) is 50.1 Å². The molecule has 0 fully saturated rings. The largest absolute Gasteiger partial charge is 0.478 e. The van der Waals surface area contributed by atoms with Gasteiger partial charge >= 0.3 is 0 Å². The van der Waals surface area contributed by atoms with Crippen molar-refractivity contribution in [3.8, 4) is 0 Å². The molecule has 4 atom stereocenters. The Labute approximate surface area is 325 Å². The summed E-state index contributed by atoms with van der Waals surface area (Å²) >= 11 is 0. The molecule has 0 aliphatic carbocycles. The zero-order valence-corrected chi connectivity index (χ0v) is 36.2. The highest BCUT2D eigenvalue weighted by Crippen LogP contribution is 2.36. The van der Waals surface area contributed by atoms with Crippen LogP contribution in [0.4, 0.5) is 0 Å². The number of hydrogen-bond acceptors (Lipinski definition) is 8. The van der Waals surface area contributed by atoms with Crippen molar-refractivity contribution >= 4 is 23.6 Å². The molecule has 0 aromatic carbocycles. The molecule has 6 heterocycles. The third-order valence-corrected chi connectivity index (χ3v) is 12.0. The number of H-pyrrole nitrogens is 2. The van der Waals surface area contributed by atoms with E-state index >= 15 is 0 Å². The van der Waals surface area contributed by atoms with Crippen LogP contribution in [0.2, 0.25) is 0 Å². The van der Waals surface area contributed by atoms with E-state index in [1.54, 1.807) is 0 Å². The number of aromatic nitrogens is 2. The van der Waals surface area contributed by atoms with Gasteiger partial charge in [-0.05, 0) is 103 Å². The highest BCUT2D eigenvalue weighted by molar-refractivity contribution is 5.91. The fraction of sp³-hybridized carbons (Fsp3) is 0.727. The van der Waals surface area contributed by atoms with Gasteiger partial charge in [-0.2, -0.15) is 0 Å². The summed E-state index contributed by atoms with van der Waals surface area (Å²) in [5.41, 5.74) is 3.24. The van der Waals surface area contributed by atoms with Gasteiger partial charge in [-0.25, -0.2) is 20.0 Å². The molecular weight excluding hydrogens is 677 g/mol. The number of nitrogens with zero attached hydrogens (tertiary/aromatic N) is 4. The van der Waals surface area contributed by atoms with Crippen molar-refractivity contribution in [1.29, 1.82) is 0 Å². The molecule has 2 aromatic rings. The maximum Gasteiger partial charge on any atom is 0.195 e. The SMILES string of the molecule is CC(C)[C@H]1COC(C(C)(C)c2ccc(C(C)(C)C3=N[C@@H](C(C)C)CO3)[nH]2)=N1.CC(C)[C@H]1COC(C(C)(C)c2ccc(C(C)(C)C3=N[C@@H](C(C)C)CO3)[nH]2)=N1. The van der Waals surface area contributed by atoms with E-state index in [-0.39, 0.29) is 45.8 Å². The maximum absolute atomic E-state index is 5.96. The summed E-state index contributed by atoms with van der Waals surface area (Å²) in [5, 5.41) is 0. The number of hydrogen-bond donors (Lipinski definition) is 2. The second-order valence-electron chi connectivity index (χ2n) is 19.3. The molecule has 10 heteroatoms. The minimum absolute atomic E-state index is 0.249. The molecule has 300 valence electrons. The normalized spacial score (nSPS) is 23.5. The topological polar surface area (TPSA) is 118 Å². The highest BCUT2D eigenvalue weighted by atomic mass is 16.5. The number of nitrogens with one attached hydrogen (secondary N) is 2. The van der Waals surface area contributed by atoms with Crippen LogP contribution in [0.5, 0.6) is 0 Å². The molecule has 0 spiro atoms. The average molecular weight is 747 g/mol. The Balaban J connectivity index is 0.000000208. The standard InChI is InChI=1S/2C22H35N3O2/c2*1-13(2)15-11-26-19(23-15)21(5,6)17-9-10-18(25-17)22(7,8)20-24-16(12-27-20)14(3)4/h2*9-10,13-16,25H,11-12H2,1-8H3/t2*15-,16-/m11/s1. The first-order valence-electron chi connectivity index (χ1n) is 20.3. The zero-order chi connectivity index (χ0) is 40.0. The van der Waals surface area contributed by atoms with Crippen LogP contribution < -0.4 is 0 Å². The molecule has 0 unspecified atom stereocenters. The van der Waals surface area contributed by atoms with Crippen LogP contribution in [0.15, 0.2) is 44.2 Å². The van der Waals surface area contributed by atoms with Gasteiger partial charge in [0.25, 0.3) is 0 Å². The third kappa shape index (κ3) is 8.32. The molecule has 4 aliphatic rings. The molecule has 0 saturated carbocycles. The van der Waals surface area contributed by atoms with Gasteiger partial charge in [-0.3, -0.25) is 0 Å². The summed E-state index contributed by atoms with van der Waals surface area (Å²) in [4.78, 5) is 26.6. The Morgan fingerprint density at radius 1 is 0.407 bits per heavy atom. The first-order valence-corrected chi connectivity index (χ1v) is 20.3. The first-order chi connectivity index (χ1) is 25.1. The van der Waals surface area contributed by atoms with Crippen molar-refractivity contribution in [2.75, 3.05) is 26.4 Å². The quantitative estimate of drug-likeness (QED) is 0.226. The molecule has 0 amide bonds. The van der Waals surface area contributed by atoms with Gasteiger partial charge < -0.3 is 28.9 Å². The van der Waals surface area contributed by atoms with E-state index < -0.39 is 0 Å². The van der Waals surface area contributed by atoms with Crippen LogP contribution in [-0.2, 0) is 40.6 Å². The Morgan fingerprint density at radius 2 is 0.593 bits per heavy atom. The molecule has 0 bridgehead atoms. The molecule has 4 aliphatic heterocycles. The first kappa shape index (κ1) is 41.6. The number of aliphatic imine (C=N–C) groups is 4. The van der Waals surface area contributed by atoms with Gasteiger partial charge in [0.05, 0.1) is 45.8 Å². The smallest absolute Gasteiger partial charge is 0.195 e. The average Bonchev–Trinajstić information content (AvgIpc) is 3.96. The van der Waals surface area contributed by atoms with Crippen LogP contribution in [0.1, 0.15) is 134 Å². The van der Waals surface area contributed by atoms with Crippen molar-refractivity contribution < 1.29 is 18.9 Å². The second-order valence-corrected chi connectivity index (χ2v) is 19.3. The number of aromatic amines is 2. The lowest BCUT2D eigenvalue weighted by molar-refractivity contribution is 0.272. The van der Waals surface area contributed by atoms with E-state index in [4.69, 9.17) is 38.9 Å². The fourth-order valence-electron chi connectivity index (χ4n) is 7.00. The van der Waals surface area contributed by atoms with Crippen LogP contribution >= 0.6 is 0 Å². The van der Waals surface area contributed by atoms with Crippen LogP contribution in [0.3, 0.4) is 0 Å². The second kappa shape index (κ2) is 15.5. The van der Waals surface area contributed by atoms with E-state index in [2.05, 4.69) is 145 Å². The summed E-state index contributed by atoms with van der Waals surface area (Å²) in [7, 11) is 0. The highest BCUT2D eigenvalue weighted by Gasteiger charge is 2.41. The van der Waals surface area contributed by atoms with Gasteiger partial charge in [-0.1, -0.05) is 55.4 Å². The lowest BCUT2D eigenvalue weighted by atomic mass is 9.89. The predicted octanol–water partition coefficient (Wildman–Crippen LogP) is 8.95. The lowest BCUT2D eigenvalue weighted by Gasteiger charge is -2.25. The van der Waals surface area contributed by atoms with Crippen molar-refractivity contribution in [1.82, 2.24) is 9.97 Å². The number of ether oxygens (including phenoxy) is 4. The molecule has 54 heavy (non-hydrogen) atoms. The summed E-state index contributed by atoms with van der Waals surface area (Å²) < 4.78 is 23.9. The van der Waals surface area contributed by atoms with Crippen LogP contribution in [0.25, 0.3) is 0 Å². The molecule has 0 saturated heterocycles. The Kier molecular flexibility index (Phi) is 12.0. The fourth-order valence-corrected chi connectivity index (χ4v) is 7.00. The van der Waals surface area contributed by atoms with Gasteiger partial charge in [0, 0.05) is 22.8 Å². The molecule has 2 aromatic heterocycles.